The highest BCUT2D eigenvalue weighted by molar-refractivity contribution is 5.78. The van der Waals surface area contributed by atoms with Gasteiger partial charge in [0, 0.05) is 0 Å². The van der Waals surface area contributed by atoms with Crippen LogP contribution in [0.25, 0.3) is 0 Å². The van der Waals surface area contributed by atoms with Gasteiger partial charge in [0.05, 0.1) is 12.6 Å². The van der Waals surface area contributed by atoms with Crippen molar-refractivity contribution < 1.29 is 19.7 Å². The largest absolute Gasteiger partial charge is 0.456 e. The molecule has 0 aromatic rings. The Morgan fingerprint density at radius 2 is 2.30 bits per heavy atom. The highest BCUT2D eigenvalue weighted by Crippen LogP contribution is 2.12. The Morgan fingerprint density at radius 3 is 2.50 bits per heavy atom. The lowest BCUT2D eigenvalue weighted by atomic mass is 10.1. The van der Waals surface area contributed by atoms with Gasteiger partial charge in [0.15, 0.2) is 6.10 Å². The number of ether oxygens (including phenoxy) is 1. The molecule has 4 N–H and O–H groups in total. The number of carbonyl (C=O) groups is 1. The van der Waals surface area contributed by atoms with Crippen molar-refractivity contribution in [2.24, 2.45) is 5.73 Å². The first-order chi connectivity index (χ1) is 4.66. The number of hydrogen-bond acceptors (Lipinski definition) is 5. The molecule has 1 aliphatic heterocycles. The van der Waals surface area contributed by atoms with Gasteiger partial charge in [-0.3, -0.25) is 0 Å². The highest BCUT2D eigenvalue weighted by atomic mass is 16.6. The zero-order chi connectivity index (χ0) is 7.72. The first-order valence-corrected chi connectivity index (χ1v) is 2.92. The van der Waals surface area contributed by atoms with Gasteiger partial charge in [-0.1, -0.05) is 0 Å². The predicted octanol–water partition coefficient (Wildman–Crippen LogP) is -2.41. The first-order valence-electron chi connectivity index (χ1n) is 2.92. The molecular formula is C5H9NO4. The molecule has 58 valence electrons. The van der Waals surface area contributed by atoms with Crippen LogP contribution in [0, 0.1) is 0 Å². The van der Waals surface area contributed by atoms with Crippen LogP contribution in [0.15, 0.2) is 0 Å². The second-order valence-corrected chi connectivity index (χ2v) is 2.18. The molecule has 0 spiro atoms. The van der Waals surface area contributed by atoms with Crippen molar-refractivity contribution in [3.63, 3.8) is 0 Å². The fourth-order valence-electron chi connectivity index (χ4n) is 0.817. The fraction of sp³-hybridized carbons (Fsp3) is 0.800. The molecule has 5 nitrogen and oxygen atoms in total. The number of rotatable bonds is 1. The van der Waals surface area contributed by atoms with E-state index in [-0.39, 0.29) is 6.61 Å². The molecule has 1 saturated heterocycles. The van der Waals surface area contributed by atoms with Gasteiger partial charge < -0.3 is 20.7 Å². The minimum Gasteiger partial charge on any atom is -0.456 e. The summed E-state index contributed by atoms with van der Waals surface area (Å²) in [6.45, 7) is -0.343. The first kappa shape index (κ1) is 7.46. The van der Waals surface area contributed by atoms with Crippen LogP contribution in [-0.2, 0) is 9.53 Å². The summed E-state index contributed by atoms with van der Waals surface area (Å²) in [6.07, 6.45) is -2.03. The maximum atomic E-state index is 10.5. The molecule has 0 aromatic carbocycles. The maximum Gasteiger partial charge on any atom is 0.337 e. The molecule has 3 atom stereocenters. The van der Waals surface area contributed by atoms with Gasteiger partial charge in [0.25, 0.3) is 0 Å². The van der Waals surface area contributed by atoms with Crippen LogP contribution in [0.5, 0.6) is 0 Å². The van der Waals surface area contributed by atoms with Crippen LogP contribution in [-0.4, -0.2) is 41.0 Å². The van der Waals surface area contributed by atoms with Crippen LogP contribution in [0.3, 0.4) is 0 Å². The van der Waals surface area contributed by atoms with Crippen molar-refractivity contribution in [2.45, 2.75) is 18.2 Å². The van der Waals surface area contributed by atoms with E-state index in [0.717, 1.165) is 0 Å². The summed E-state index contributed by atoms with van der Waals surface area (Å²) in [4.78, 5) is 10.5. The number of hydrogen-bond donors (Lipinski definition) is 3. The van der Waals surface area contributed by atoms with E-state index in [0.29, 0.717) is 0 Å². The standard InChI is InChI=1S/C5H9NO4/c6-3-2(1-7)10-5(9)4(3)8/h2-4,7-8H,1,6H2. The normalized spacial score (nSPS) is 39.9. The fourth-order valence-corrected chi connectivity index (χ4v) is 0.817. The zero-order valence-electron chi connectivity index (χ0n) is 5.23. The van der Waals surface area contributed by atoms with Crippen molar-refractivity contribution in [3.05, 3.63) is 0 Å². The highest BCUT2D eigenvalue weighted by Gasteiger charge is 2.40. The molecule has 1 rings (SSSR count). The Balaban J connectivity index is 2.61. The lowest BCUT2D eigenvalue weighted by Gasteiger charge is -2.09. The second-order valence-electron chi connectivity index (χ2n) is 2.18. The van der Waals surface area contributed by atoms with E-state index in [1.54, 1.807) is 0 Å². The molecule has 0 aliphatic carbocycles. The SMILES string of the molecule is NC1C(CO)OC(=O)C1O. The Bertz CT molecular complexity index is 149. The summed E-state index contributed by atoms with van der Waals surface area (Å²) >= 11 is 0. The monoisotopic (exact) mass is 147 g/mol. The summed E-state index contributed by atoms with van der Waals surface area (Å²) in [5.41, 5.74) is 5.27. The van der Waals surface area contributed by atoms with E-state index in [1.165, 1.54) is 0 Å². The predicted molar refractivity (Wildman–Crippen MR) is 30.9 cm³/mol. The summed E-state index contributed by atoms with van der Waals surface area (Å²) < 4.78 is 4.47. The molecule has 0 aromatic heterocycles. The minimum atomic E-state index is -1.28. The van der Waals surface area contributed by atoms with Gasteiger partial charge in [-0.05, 0) is 0 Å². The Labute approximate surface area is 57.4 Å². The van der Waals surface area contributed by atoms with Gasteiger partial charge in [-0.25, -0.2) is 4.79 Å². The number of carbonyl (C=O) groups excluding carboxylic acids is 1. The third-order valence-electron chi connectivity index (χ3n) is 1.48. The van der Waals surface area contributed by atoms with E-state index in [2.05, 4.69) is 4.74 Å². The van der Waals surface area contributed by atoms with Crippen LogP contribution >= 0.6 is 0 Å². The molecule has 1 fully saturated rings. The van der Waals surface area contributed by atoms with Crippen LogP contribution in [0.4, 0.5) is 0 Å². The van der Waals surface area contributed by atoms with E-state index in [1.807, 2.05) is 0 Å². The molecule has 0 saturated carbocycles. The van der Waals surface area contributed by atoms with Crippen LogP contribution in [0.2, 0.25) is 0 Å². The summed E-state index contributed by atoms with van der Waals surface area (Å²) in [5.74, 6) is -0.758. The van der Waals surface area contributed by atoms with E-state index >= 15 is 0 Å². The number of esters is 1. The van der Waals surface area contributed by atoms with Crippen LogP contribution in [0.1, 0.15) is 0 Å². The van der Waals surface area contributed by atoms with Gasteiger partial charge in [-0.2, -0.15) is 0 Å². The lowest BCUT2D eigenvalue weighted by molar-refractivity contribution is -0.148. The van der Waals surface area contributed by atoms with Crippen molar-refractivity contribution in [1.29, 1.82) is 0 Å². The van der Waals surface area contributed by atoms with E-state index in [4.69, 9.17) is 15.9 Å². The molecule has 3 unspecified atom stereocenters. The van der Waals surface area contributed by atoms with Crippen molar-refractivity contribution in [2.75, 3.05) is 6.61 Å². The number of aliphatic hydroxyl groups excluding tert-OH is 2. The minimum absolute atomic E-state index is 0.343. The molecule has 10 heavy (non-hydrogen) atoms. The average molecular weight is 147 g/mol. The van der Waals surface area contributed by atoms with Crippen molar-refractivity contribution >= 4 is 5.97 Å². The second kappa shape index (κ2) is 2.53. The molecular weight excluding hydrogens is 138 g/mol. The molecule has 1 aliphatic rings. The summed E-state index contributed by atoms with van der Waals surface area (Å²) in [5, 5.41) is 17.4. The van der Waals surface area contributed by atoms with Gasteiger partial charge in [0.1, 0.15) is 6.10 Å². The van der Waals surface area contributed by atoms with Gasteiger partial charge in [0.2, 0.25) is 0 Å². The molecule has 5 heteroatoms. The molecule has 1 heterocycles. The van der Waals surface area contributed by atoms with Crippen LogP contribution < -0.4 is 5.73 Å². The van der Waals surface area contributed by atoms with Gasteiger partial charge in [-0.15, -0.1) is 0 Å². The topological polar surface area (TPSA) is 92.8 Å². The molecule has 0 radical (unpaired) electrons. The number of aliphatic hydroxyl groups is 2. The Morgan fingerprint density at radius 1 is 1.70 bits per heavy atom. The smallest absolute Gasteiger partial charge is 0.337 e. The van der Waals surface area contributed by atoms with Crippen molar-refractivity contribution in [3.8, 4) is 0 Å². The third kappa shape index (κ3) is 0.985. The summed E-state index contributed by atoms with van der Waals surface area (Å²) in [7, 11) is 0. The van der Waals surface area contributed by atoms with E-state index < -0.39 is 24.2 Å². The molecule has 0 bridgehead atoms. The maximum absolute atomic E-state index is 10.5. The van der Waals surface area contributed by atoms with Crippen molar-refractivity contribution in [1.82, 2.24) is 0 Å². The number of nitrogens with two attached hydrogens (primary N) is 1. The Hall–Kier alpha value is -0.650. The van der Waals surface area contributed by atoms with E-state index in [9.17, 15) is 4.79 Å². The quantitative estimate of drug-likeness (QED) is 0.359. The zero-order valence-corrected chi connectivity index (χ0v) is 5.23. The lowest BCUT2D eigenvalue weighted by Crippen LogP contribution is -2.41. The number of cyclic esters (lactones) is 1. The average Bonchev–Trinajstić information content (AvgIpc) is 2.17. The Kier molecular flexibility index (Phi) is 1.89. The summed E-state index contributed by atoms with van der Waals surface area (Å²) in [6, 6.07) is -0.794. The molecule has 0 amide bonds. The third-order valence-corrected chi connectivity index (χ3v) is 1.48. The van der Waals surface area contributed by atoms with Gasteiger partial charge >= 0.3 is 5.97 Å².